The van der Waals surface area contributed by atoms with Crippen LogP contribution < -0.4 is 11.2 Å². The highest BCUT2D eigenvalue weighted by atomic mass is 35.5. The number of benzene rings is 1. The Morgan fingerprint density at radius 1 is 1.17 bits per heavy atom. The van der Waals surface area contributed by atoms with E-state index in [1.54, 1.807) is 24.3 Å². The van der Waals surface area contributed by atoms with E-state index in [2.05, 4.69) is 10.1 Å². The van der Waals surface area contributed by atoms with Crippen molar-refractivity contribution in [2.75, 3.05) is 13.1 Å². The lowest BCUT2D eigenvalue weighted by Gasteiger charge is -2.23. The Kier molecular flexibility index (Phi) is 4.71. The number of piperidine rings is 1. The van der Waals surface area contributed by atoms with Crippen LogP contribution in [0.3, 0.4) is 0 Å². The van der Waals surface area contributed by atoms with Crippen LogP contribution in [0.15, 0.2) is 39.0 Å². The van der Waals surface area contributed by atoms with E-state index in [9.17, 15) is 14.7 Å². The Hall–Kier alpha value is -2.54. The van der Waals surface area contributed by atoms with Gasteiger partial charge in [0.15, 0.2) is 0 Å². The standard InChI is InChI=1S/C16H17ClN4O3/c17-12-6-2-3-7-13(12)21-15(23)11(14(22)19-16(21)24)10-18-20-8-4-1-5-9-20/h2-3,6-7,10,23H,1,4-5,8-9H2,(H,19,22,24)/b18-10+. The van der Waals surface area contributed by atoms with Gasteiger partial charge in [0.05, 0.1) is 16.9 Å². The van der Waals surface area contributed by atoms with E-state index in [1.165, 1.54) is 6.21 Å². The molecule has 126 valence electrons. The van der Waals surface area contributed by atoms with Crippen LogP contribution in [0.2, 0.25) is 5.02 Å². The highest BCUT2D eigenvalue weighted by Gasteiger charge is 2.16. The van der Waals surface area contributed by atoms with Crippen LogP contribution in [0, 0.1) is 0 Å². The minimum absolute atomic E-state index is 0.0832. The van der Waals surface area contributed by atoms with Gasteiger partial charge in [0.2, 0.25) is 5.88 Å². The number of nitrogens with zero attached hydrogens (tertiary/aromatic N) is 3. The molecule has 0 saturated carbocycles. The molecule has 0 atom stereocenters. The van der Waals surface area contributed by atoms with Crippen LogP contribution in [-0.2, 0) is 0 Å². The number of H-pyrrole nitrogens is 1. The summed E-state index contributed by atoms with van der Waals surface area (Å²) < 4.78 is 0.960. The number of hydrogen-bond acceptors (Lipinski definition) is 5. The molecule has 3 rings (SSSR count). The number of hydrogen-bond donors (Lipinski definition) is 2. The molecule has 0 radical (unpaired) electrons. The van der Waals surface area contributed by atoms with Gasteiger partial charge >= 0.3 is 5.69 Å². The van der Waals surface area contributed by atoms with Crippen molar-refractivity contribution in [2.45, 2.75) is 19.3 Å². The molecule has 8 heteroatoms. The maximum absolute atomic E-state index is 12.1. The molecule has 0 unspecified atom stereocenters. The number of aromatic nitrogens is 2. The molecule has 1 fully saturated rings. The Morgan fingerprint density at radius 2 is 1.88 bits per heavy atom. The molecule has 1 aliphatic rings. The normalized spacial score (nSPS) is 15.1. The average Bonchev–Trinajstić information content (AvgIpc) is 2.57. The topological polar surface area (TPSA) is 90.7 Å². The fourth-order valence-electron chi connectivity index (χ4n) is 2.64. The summed E-state index contributed by atoms with van der Waals surface area (Å²) in [6.07, 6.45) is 4.53. The maximum Gasteiger partial charge on any atom is 0.335 e. The summed E-state index contributed by atoms with van der Waals surface area (Å²) in [4.78, 5) is 26.3. The quantitative estimate of drug-likeness (QED) is 0.826. The summed E-state index contributed by atoms with van der Waals surface area (Å²) in [5.41, 5.74) is -1.26. The monoisotopic (exact) mass is 348 g/mol. The second-order valence-electron chi connectivity index (χ2n) is 5.54. The second-order valence-corrected chi connectivity index (χ2v) is 5.95. The smallest absolute Gasteiger partial charge is 0.335 e. The van der Waals surface area contributed by atoms with E-state index in [0.717, 1.165) is 36.9 Å². The number of hydrazone groups is 1. The molecule has 2 aromatic rings. The molecule has 2 heterocycles. The Balaban J connectivity index is 2.06. The minimum atomic E-state index is -0.763. The predicted octanol–water partition coefficient (Wildman–Crippen LogP) is 1.70. The van der Waals surface area contributed by atoms with Gasteiger partial charge in [0.25, 0.3) is 5.56 Å². The van der Waals surface area contributed by atoms with Gasteiger partial charge in [0.1, 0.15) is 5.56 Å². The average molecular weight is 349 g/mol. The molecule has 1 aromatic heterocycles. The zero-order valence-electron chi connectivity index (χ0n) is 12.9. The van der Waals surface area contributed by atoms with Crippen molar-refractivity contribution in [3.63, 3.8) is 0 Å². The van der Waals surface area contributed by atoms with Crippen molar-refractivity contribution in [2.24, 2.45) is 5.10 Å². The Morgan fingerprint density at radius 3 is 2.58 bits per heavy atom. The van der Waals surface area contributed by atoms with Crippen LogP contribution in [0.5, 0.6) is 5.88 Å². The van der Waals surface area contributed by atoms with Crippen LogP contribution in [0.1, 0.15) is 24.8 Å². The third-order valence-electron chi connectivity index (χ3n) is 3.90. The van der Waals surface area contributed by atoms with Crippen LogP contribution in [-0.4, -0.2) is 39.0 Å². The second kappa shape index (κ2) is 6.92. The first-order valence-corrected chi connectivity index (χ1v) is 8.08. The van der Waals surface area contributed by atoms with Crippen molar-refractivity contribution in [1.29, 1.82) is 0 Å². The van der Waals surface area contributed by atoms with E-state index in [1.807, 2.05) is 5.01 Å². The predicted molar refractivity (Wildman–Crippen MR) is 92.4 cm³/mol. The zero-order valence-corrected chi connectivity index (χ0v) is 13.7. The van der Waals surface area contributed by atoms with Crippen molar-refractivity contribution < 1.29 is 5.11 Å². The molecule has 0 spiro atoms. The fourth-order valence-corrected chi connectivity index (χ4v) is 2.86. The third kappa shape index (κ3) is 3.21. The summed E-state index contributed by atoms with van der Waals surface area (Å²) in [6, 6.07) is 6.56. The molecule has 0 aliphatic carbocycles. The van der Waals surface area contributed by atoms with E-state index in [0.29, 0.717) is 0 Å². The molecular weight excluding hydrogens is 332 g/mol. The Bertz CT molecular complexity index is 882. The molecule has 0 bridgehead atoms. The number of para-hydroxylation sites is 1. The maximum atomic E-state index is 12.1. The SMILES string of the molecule is O=c1[nH]c(=O)n(-c2ccccc2Cl)c(O)c1/C=N/N1CCCCC1. The molecule has 24 heavy (non-hydrogen) atoms. The minimum Gasteiger partial charge on any atom is -0.493 e. The fraction of sp³-hybridized carbons (Fsp3) is 0.312. The number of halogens is 1. The van der Waals surface area contributed by atoms with Gasteiger partial charge in [-0.15, -0.1) is 0 Å². The van der Waals surface area contributed by atoms with E-state index in [-0.39, 0.29) is 16.3 Å². The molecule has 2 N–H and O–H groups in total. The van der Waals surface area contributed by atoms with E-state index >= 15 is 0 Å². The van der Waals surface area contributed by atoms with E-state index in [4.69, 9.17) is 11.6 Å². The van der Waals surface area contributed by atoms with Gasteiger partial charge < -0.3 is 5.11 Å². The molecular formula is C16H17ClN4O3. The summed E-state index contributed by atoms with van der Waals surface area (Å²) in [6.45, 7) is 1.61. The summed E-state index contributed by atoms with van der Waals surface area (Å²) >= 11 is 6.09. The highest BCUT2D eigenvalue weighted by Crippen LogP contribution is 2.22. The first-order chi connectivity index (χ1) is 11.6. The summed E-state index contributed by atoms with van der Waals surface area (Å²) in [7, 11) is 0. The largest absolute Gasteiger partial charge is 0.493 e. The van der Waals surface area contributed by atoms with Gasteiger partial charge in [-0.1, -0.05) is 23.7 Å². The first kappa shape index (κ1) is 16.3. The molecule has 7 nitrogen and oxygen atoms in total. The van der Waals surface area contributed by atoms with Crippen LogP contribution in [0.25, 0.3) is 5.69 Å². The number of aromatic hydroxyl groups is 1. The lowest BCUT2D eigenvalue weighted by atomic mass is 10.2. The Labute approximate surface area is 142 Å². The van der Waals surface area contributed by atoms with Gasteiger partial charge in [-0.2, -0.15) is 5.10 Å². The van der Waals surface area contributed by atoms with Crippen molar-refractivity contribution in [3.05, 3.63) is 55.7 Å². The highest BCUT2D eigenvalue weighted by molar-refractivity contribution is 6.32. The van der Waals surface area contributed by atoms with Crippen molar-refractivity contribution in [3.8, 4) is 11.6 Å². The van der Waals surface area contributed by atoms with Crippen LogP contribution in [0.4, 0.5) is 0 Å². The molecule has 1 aliphatic heterocycles. The summed E-state index contributed by atoms with van der Waals surface area (Å²) in [5.74, 6) is -0.488. The van der Waals surface area contributed by atoms with Gasteiger partial charge in [0, 0.05) is 13.1 Å². The number of aromatic amines is 1. The zero-order chi connectivity index (χ0) is 17.1. The number of nitrogens with one attached hydrogen (secondary N) is 1. The number of rotatable bonds is 3. The molecule has 1 saturated heterocycles. The van der Waals surface area contributed by atoms with Gasteiger partial charge in [-0.25, -0.2) is 9.36 Å². The molecule has 0 amide bonds. The van der Waals surface area contributed by atoms with Crippen molar-refractivity contribution in [1.82, 2.24) is 14.6 Å². The van der Waals surface area contributed by atoms with E-state index < -0.39 is 17.1 Å². The third-order valence-corrected chi connectivity index (χ3v) is 4.22. The van der Waals surface area contributed by atoms with Crippen molar-refractivity contribution >= 4 is 17.8 Å². The van der Waals surface area contributed by atoms with Gasteiger partial charge in [-0.3, -0.25) is 14.8 Å². The van der Waals surface area contributed by atoms with Gasteiger partial charge in [-0.05, 0) is 31.4 Å². The lowest BCUT2D eigenvalue weighted by molar-refractivity contribution is 0.240. The lowest BCUT2D eigenvalue weighted by Crippen LogP contribution is -2.32. The first-order valence-electron chi connectivity index (χ1n) is 7.70. The van der Waals surface area contributed by atoms with Crippen LogP contribution >= 0.6 is 11.6 Å². The summed E-state index contributed by atoms with van der Waals surface area (Å²) in [5, 5.41) is 16.8. The molecule has 1 aromatic carbocycles.